The Morgan fingerprint density at radius 1 is 1.20 bits per heavy atom. The van der Waals surface area contributed by atoms with Gasteiger partial charge in [-0.1, -0.05) is 24.7 Å². The van der Waals surface area contributed by atoms with E-state index in [0.717, 1.165) is 30.9 Å². The van der Waals surface area contributed by atoms with Crippen molar-refractivity contribution in [2.45, 2.75) is 32.2 Å². The lowest BCUT2D eigenvalue weighted by Gasteiger charge is -2.21. The van der Waals surface area contributed by atoms with Crippen molar-refractivity contribution in [2.75, 3.05) is 26.8 Å². The quantitative estimate of drug-likeness (QED) is 0.859. The van der Waals surface area contributed by atoms with Gasteiger partial charge in [0.2, 0.25) is 0 Å². The number of methoxy groups -OCH3 is 1. The highest BCUT2D eigenvalue weighted by Gasteiger charge is 2.12. The molecule has 0 amide bonds. The van der Waals surface area contributed by atoms with Gasteiger partial charge in [0.1, 0.15) is 12.4 Å². The molecule has 108 valence electrons. The normalized spacial score (nSPS) is 16.1. The lowest BCUT2D eigenvalue weighted by Crippen LogP contribution is -2.24. The van der Waals surface area contributed by atoms with Crippen molar-refractivity contribution in [2.24, 2.45) is 0 Å². The van der Waals surface area contributed by atoms with Crippen molar-refractivity contribution in [3.05, 3.63) is 29.3 Å². The third kappa shape index (κ3) is 4.26. The monoisotopic (exact) mass is 273 g/mol. The zero-order chi connectivity index (χ0) is 14.2. The topological polar surface area (TPSA) is 32.7 Å². The molecule has 0 atom stereocenters. The first kappa shape index (κ1) is 14.9. The van der Waals surface area contributed by atoms with Gasteiger partial charge in [-0.05, 0) is 49.7 Å². The maximum Gasteiger partial charge on any atom is 0.119 e. The summed E-state index contributed by atoms with van der Waals surface area (Å²) in [4.78, 5) is 2.49. The summed E-state index contributed by atoms with van der Waals surface area (Å²) in [6, 6.07) is 5.97. The Bertz CT molecular complexity index is 479. The third-order valence-corrected chi connectivity index (χ3v) is 3.71. The van der Waals surface area contributed by atoms with Gasteiger partial charge in [-0.2, -0.15) is 0 Å². The summed E-state index contributed by atoms with van der Waals surface area (Å²) in [6.45, 7) is 3.12. The predicted molar refractivity (Wildman–Crippen MR) is 80.7 cm³/mol. The second-order valence-electron chi connectivity index (χ2n) is 5.17. The van der Waals surface area contributed by atoms with E-state index in [0.29, 0.717) is 0 Å². The van der Waals surface area contributed by atoms with E-state index >= 15 is 0 Å². The van der Waals surface area contributed by atoms with Crippen LogP contribution in [0.25, 0.3) is 0 Å². The summed E-state index contributed by atoms with van der Waals surface area (Å²) in [6.07, 6.45) is 5.24. The van der Waals surface area contributed by atoms with Crippen LogP contribution < -0.4 is 4.74 Å². The summed E-state index contributed by atoms with van der Waals surface area (Å²) in [7, 11) is 1.68. The molecule has 1 aromatic rings. The van der Waals surface area contributed by atoms with Gasteiger partial charge in [-0.25, -0.2) is 0 Å². The third-order valence-electron chi connectivity index (χ3n) is 3.71. The fraction of sp³-hybridized carbons (Fsp3) is 0.529. The molecule has 0 aromatic heterocycles. The maximum absolute atomic E-state index is 8.87. The van der Waals surface area contributed by atoms with E-state index in [2.05, 4.69) is 22.8 Å². The Morgan fingerprint density at radius 2 is 1.95 bits per heavy atom. The molecule has 0 radical (unpaired) electrons. The van der Waals surface area contributed by atoms with E-state index in [1.54, 1.807) is 7.11 Å². The van der Waals surface area contributed by atoms with Crippen LogP contribution in [0.5, 0.6) is 5.75 Å². The molecular formula is C17H23NO2. The van der Waals surface area contributed by atoms with Crippen LogP contribution in [0.1, 0.15) is 36.8 Å². The predicted octanol–water partition coefficient (Wildman–Crippen LogP) is 2.42. The Hall–Kier alpha value is -1.50. The molecule has 1 aromatic carbocycles. The van der Waals surface area contributed by atoms with E-state index in [1.165, 1.54) is 31.2 Å². The molecule has 1 aliphatic heterocycles. The number of aliphatic hydroxyl groups is 1. The number of hydrogen-bond donors (Lipinski definition) is 1. The number of hydrogen-bond acceptors (Lipinski definition) is 3. The molecule has 1 aliphatic rings. The Labute approximate surface area is 121 Å². The van der Waals surface area contributed by atoms with Crippen LogP contribution in [0.4, 0.5) is 0 Å². The number of rotatable bonds is 3. The van der Waals surface area contributed by atoms with E-state index in [1.807, 2.05) is 12.1 Å². The maximum atomic E-state index is 8.87. The second kappa shape index (κ2) is 7.94. The molecule has 3 nitrogen and oxygen atoms in total. The SMILES string of the molecule is COc1ccc(C#CCO)c(CN2CCCCCC2)c1. The highest BCUT2D eigenvalue weighted by atomic mass is 16.5. The fourth-order valence-electron chi connectivity index (χ4n) is 2.62. The van der Waals surface area contributed by atoms with Gasteiger partial charge in [0.25, 0.3) is 0 Å². The number of likely N-dealkylation sites (tertiary alicyclic amines) is 1. The minimum atomic E-state index is -0.102. The van der Waals surface area contributed by atoms with Gasteiger partial charge in [-0.15, -0.1) is 0 Å². The van der Waals surface area contributed by atoms with Crippen LogP contribution in [0.15, 0.2) is 18.2 Å². The summed E-state index contributed by atoms with van der Waals surface area (Å²) >= 11 is 0. The van der Waals surface area contributed by atoms with Gasteiger partial charge in [0.15, 0.2) is 0 Å². The molecule has 0 aliphatic carbocycles. The van der Waals surface area contributed by atoms with Crippen LogP contribution in [-0.2, 0) is 6.54 Å². The smallest absolute Gasteiger partial charge is 0.119 e. The molecule has 20 heavy (non-hydrogen) atoms. The first-order valence-electron chi connectivity index (χ1n) is 7.32. The van der Waals surface area contributed by atoms with Gasteiger partial charge in [0.05, 0.1) is 7.11 Å². The number of ether oxygens (including phenoxy) is 1. The van der Waals surface area contributed by atoms with Crippen LogP contribution in [0.2, 0.25) is 0 Å². The first-order chi connectivity index (χ1) is 9.83. The lowest BCUT2D eigenvalue weighted by atomic mass is 10.1. The van der Waals surface area contributed by atoms with E-state index < -0.39 is 0 Å². The van der Waals surface area contributed by atoms with Crippen LogP contribution in [-0.4, -0.2) is 36.8 Å². The average molecular weight is 273 g/mol. The van der Waals surface area contributed by atoms with E-state index in [-0.39, 0.29) is 6.61 Å². The molecule has 0 saturated carbocycles. The Kier molecular flexibility index (Phi) is 5.91. The standard InChI is InChI=1S/C17H23NO2/c1-20-17-9-8-15(7-6-12-19)16(13-17)14-18-10-4-2-3-5-11-18/h8-9,13,19H,2-5,10-12,14H2,1H3. The van der Waals surface area contributed by atoms with Crippen molar-refractivity contribution in [3.63, 3.8) is 0 Å². The largest absolute Gasteiger partial charge is 0.497 e. The van der Waals surface area contributed by atoms with Gasteiger partial charge >= 0.3 is 0 Å². The molecule has 0 unspecified atom stereocenters. The zero-order valence-corrected chi connectivity index (χ0v) is 12.2. The van der Waals surface area contributed by atoms with Crippen LogP contribution in [0.3, 0.4) is 0 Å². The van der Waals surface area contributed by atoms with Gasteiger partial charge in [0, 0.05) is 12.1 Å². The van der Waals surface area contributed by atoms with Gasteiger partial charge < -0.3 is 9.84 Å². The summed E-state index contributed by atoms with van der Waals surface area (Å²) in [5.74, 6) is 6.64. The first-order valence-corrected chi connectivity index (χ1v) is 7.32. The van der Waals surface area contributed by atoms with Crippen molar-refractivity contribution in [1.82, 2.24) is 4.90 Å². The van der Waals surface area contributed by atoms with Crippen molar-refractivity contribution >= 4 is 0 Å². The van der Waals surface area contributed by atoms with E-state index in [9.17, 15) is 0 Å². The van der Waals surface area contributed by atoms with Crippen molar-refractivity contribution in [1.29, 1.82) is 0 Å². The number of aliphatic hydroxyl groups excluding tert-OH is 1. The van der Waals surface area contributed by atoms with Crippen molar-refractivity contribution < 1.29 is 9.84 Å². The van der Waals surface area contributed by atoms with E-state index in [4.69, 9.17) is 9.84 Å². The molecule has 1 heterocycles. The molecule has 1 saturated heterocycles. The number of nitrogens with zero attached hydrogens (tertiary/aromatic N) is 1. The van der Waals surface area contributed by atoms with Crippen molar-refractivity contribution in [3.8, 4) is 17.6 Å². The molecule has 1 N–H and O–H groups in total. The second-order valence-corrected chi connectivity index (χ2v) is 5.17. The minimum Gasteiger partial charge on any atom is -0.497 e. The zero-order valence-electron chi connectivity index (χ0n) is 12.2. The molecule has 0 spiro atoms. The fourth-order valence-corrected chi connectivity index (χ4v) is 2.62. The van der Waals surface area contributed by atoms with Gasteiger partial charge in [-0.3, -0.25) is 4.90 Å². The molecule has 3 heteroatoms. The molecule has 2 rings (SSSR count). The highest BCUT2D eigenvalue weighted by Crippen LogP contribution is 2.20. The summed E-state index contributed by atoms with van der Waals surface area (Å²) in [5.41, 5.74) is 2.18. The minimum absolute atomic E-state index is 0.102. The molecular weight excluding hydrogens is 250 g/mol. The molecule has 1 fully saturated rings. The summed E-state index contributed by atoms with van der Waals surface area (Å²) < 4.78 is 5.31. The lowest BCUT2D eigenvalue weighted by molar-refractivity contribution is 0.276. The Balaban J connectivity index is 2.17. The van der Waals surface area contributed by atoms with Crippen LogP contribution in [0, 0.1) is 11.8 Å². The average Bonchev–Trinajstić information content (AvgIpc) is 2.74. The Morgan fingerprint density at radius 3 is 2.60 bits per heavy atom. The highest BCUT2D eigenvalue weighted by molar-refractivity contribution is 5.45. The van der Waals surface area contributed by atoms with Crippen LogP contribution >= 0.6 is 0 Å². The number of benzene rings is 1. The summed E-state index contributed by atoms with van der Waals surface area (Å²) in [5, 5.41) is 8.87. The molecule has 0 bridgehead atoms.